The van der Waals surface area contributed by atoms with Gasteiger partial charge in [0.1, 0.15) is 11.5 Å². The van der Waals surface area contributed by atoms with Crippen molar-refractivity contribution in [3.05, 3.63) is 53.1 Å². The summed E-state index contributed by atoms with van der Waals surface area (Å²) in [5, 5.41) is 0. The summed E-state index contributed by atoms with van der Waals surface area (Å²) in [6, 6.07) is 8.54. The highest BCUT2D eigenvalue weighted by molar-refractivity contribution is 5.65. The lowest BCUT2D eigenvalue weighted by Crippen LogP contribution is -2.20. The average Bonchev–Trinajstić information content (AvgIpc) is 2.59. The summed E-state index contributed by atoms with van der Waals surface area (Å²) in [5.74, 6) is 0.672. The van der Waals surface area contributed by atoms with Gasteiger partial charge in [-0.05, 0) is 69.2 Å². The van der Waals surface area contributed by atoms with E-state index in [1.165, 1.54) is 12.1 Å². The summed E-state index contributed by atoms with van der Waals surface area (Å²) < 4.78 is 44.2. The third-order valence-corrected chi connectivity index (χ3v) is 4.06. The number of aryl methyl sites for hydroxylation is 2. The van der Waals surface area contributed by atoms with Crippen molar-refractivity contribution in [2.75, 3.05) is 13.1 Å². The molecule has 0 aromatic heterocycles. The summed E-state index contributed by atoms with van der Waals surface area (Å²) in [6.07, 6.45) is -2.59. The normalized spacial score (nSPS) is 11.8. The van der Waals surface area contributed by atoms with Crippen LogP contribution in [0.15, 0.2) is 41.4 Å². The van der Waals surface area contributed by atoms with Gasteiger partial charge in [0.25, 0.3) is 0 Å². The third kappa shape index (κ3) is 5.00. The van der Waals surface area contributed by atoms with Crippen LogP contribution in [0.1, 0.15) is 30.5 Å². The molecular formula is C20H23F3N2O. The quantitative estimate of drug-likeness (QED) is 0.456. The second kappa shape index (κ2) is 8.25. The summed E-state index contributed by atoms with van der Waals surface area (Å²) in [6.45, 7) is 9.59. The fourth-order valence-corrected chi connectivity index (χ4v) is 2.42. The van der Waals surface area contributed by atoms with E-state index in [0.29, 0.717) is 5.75 Å². The first-order chi connectivity index (χ1) is 12.2. The zero-order valence-corrected chi connectivity index (χ0v) is 15.4. The van der Waals surface area contributed by atoms with Gasteiger partial charge in [0.05, 0.1) is 17.6 Å². The largest absolute Gasteiger partial charge is 0.457 e. The molecule has 2 aromatic rings. The standard InChI is InChI=1S/C20H23F3N2O/c1-5-25(6-2)13-24-18-10-15(4)19(11-14(18)3)26-17-9-7-8-16(12-17)20(21,22)23/h7-13H,5-6H2,1-4H3/b24-13+. The van der Waals surface area contributed by atoms with Crippen LogP contribution in [0.2, 0.25) is 0 Å². The fraction of sp³-hybridized carbons (Fsp3) is 0.350. The van der Waals surface area contributed by atoms with Crippen LogP contribution in [-0.4, -0.2) is 24.3 Å². The van der Waals surface area contributed by atoms with Crippen molar-refractivity contribution in [3.63, 3.8) is 0 Å². The number of hydrogen-bond acceptors (Lipinski definition) is 2. The molecular weight excluding hydrogens is 341 g/mol. The minimum atomic E-state index is -4.40. The van der Waals surface area contributed by atoms with Crippen molar-refractivity contribution in [2.45, 2.75) is 33.9 Å². The van der Waals surface area contributed by atoms with Crippen molar-refractivity contribution >= 4 is 12.0 Å². The second-order valence-electron chi connectivity index (χ2n) is 6.00. The maximum Gasteiger partial charge on any atom is 0.416 e. The molecule has 6 heteroatoms. The monoisotopic (exact) mass is 364 g/mol. The Kier molecular flexibility index (Phi) is 6.29. The van der Waals surface area contributed by atoms with Crippen LogP contribution in [0.25, 0.3) is 0 Å². The molecule has 0 aliphatic heterocycles. The van der Waals surface area contributed by atoms with Crippen LogP contribution in [0, 0.1) is 13.8 Å². The fourth-order valence-electron chi connectivity index (χ4n) is 2.42. The van der Waals surface area contributed by atoms with E-state index < -0.39 is 11.7 Å². The maximum atomic E-state index is 12.8. The molecule has 26 heavy (non-hydrogen) atoms. The minimum absolute atomic E-state index is 0.154. The summed E-state index contributed by atoms with van der Waals surface area (Å²) in [5.41, 5.74) is 1.77. The predicted molar refractivity (Wildman–Crippen MR) is 98.5 cm³/mol. The Morgan fingerprint density at radius 1 is 1.04 bits per heavy atom. The smallest absolute Gasteiger partial charge is 0.416 e. The first-order valence-electron chi connectivity index (χ1n) is 8.49. The van der Waals surface area contributed by atoms with Gasteiger partial charge in [-0.25, -0.2) is 4.99 Å². The molecule has 0 radical (unpaired) electrons. The van der Waals surface area contributed by atoms with Crippen LogP contribution in [0.3, 0.4) is 0 Å². The highest BCUT2D eigenvalue weighted by atomic mass is 19.4. The molecule has 0 atom stereocenters. The van der Waals surface area contributed by atoms with Gasteiger partial charge in [-0.15, -0.1) is 0 Å². The average molecular weight is 364 g/mol. The van der Waals surface area contributed by atoms with E-state index >= 15 is 0 Å². The van der Waals surface area contributed by atoms with Gasteiger partial charge in [-0.3, -0.25) is 0 Å². The van der Waals surface area contributed by atoms with E-state index in [-0.39, 0.29) is 5.75 Å². The molecule has 0 aliphatic carbocycles. The minimum Gasteiger partial charge on any atom is -0.457 e. The molecule has 0 unspecified atom stereocenters. The maximum absolute atomic E-state index is 12.8. The molecule has 3 nitrogen and oxygen atoms in total. The Hall–Kier alpha value is -2.50. The lowest BCUT2D eigenvalue weighted by atomic mass is 10.1. The van der Waals surface area contributed by atoms with Crippen LogP contribution in [0.5, 0.6) is 11.5 Å². The molecule has 0 bridgehead atoms. The number of ether oxygens (including phenoxy) is 1. The number of benzene rings is 2. The van der Waals surface area contributed by atoms with E-state index in [1.807, 2.05) is 19.9 Å². The van der Waals surface area contributed by atoms with Crippen molar-refractivity contribution < 1.29 is 17.9 Å². The number of nitrogens with zero attached hydrogens (tertiary/aromatic N) is 2. The summed E-state index contributed by atoms with van der Waals surface area (Å²) >= 11 is 0. The zero-order valence-electron chi connectivity index (χ0n) is 15.4. The SMILES string of the molecule is CCN(/C=N/c1cc(C)c(Oc2cccc(C(F)(F)F)c2)cc1C)CC. The highest BCUT2D eigenvalue weighted by Crippen LogP contribution is 2.35. The Morgan fingerprint density at radius 3 is 2.35 bits per heavy atom. The van der Waals surface area contributed by atoms with Crippen LogP contribution in [-0.2, 0) is 6.18 Å². The van der Waals surface area contributed by atoms with Crippen LogP contribution < -0.4 is 4.74 Å². The van der Waals surface area contributed by atoms with E-state index in [4.69, 9.17) is 4.74 Å². The summed E-state index contributed by atoms with van der Waals surface area (Å²) in [4.78, 5) is 6.57. The molecule has 0 aliphatic rings. The Morgan fingerprint density at radius 2 is 1.73 bits per heavy atom. The number of rotatable bonds is 6. The molecule has 0 fully saturated rings. The lowest BCUT2D eigenvalue weighted by molar-refractivity contribution is -0.137. The molecule has 2 aromatic carbocycles. The van der Waals surface area contributed by atoms with Gasteiger partial charge in [-0.2, -0.15) is 13.2 Å². The van der Waals surface area contributed by atoms with E-state index in [9.17, 15) is 13.2 Å². The van der Waals surface area contributed by atoms with E-state index in [0.717, 1.165) is 42.0 Å². The summed E-state index contributed by atoms with van der Waals surface area (Å²) in [7, 11) is 0. The lowest BCUT2D eigenvalue weighted by Gasteiger charge is -2.15. The Bertz CT molecular complexity index is 781. The molecule has 0 N–H and O–H groups in total. The molecule has 0 spiro atoms. The first kappa shape index (κ1) is 19.8. The van der Waals surface area contributed by atoms with Gasteiger partial charge in [-0.1, -0.05) is 6.07 Å². The molecule has 0 heterocycles. The van der Waals surface area contributed by atoms with Gasteiger partial charge in [0.2, 0.25) is 0 Å². The van der Waals surface area contributed by atoms with Crippen LogP contribution in [0.4, 0.5) is 18.9 Å². The van der Waals surface area contributed by atoms with Crippen molar-refractivity contribution in [3.8, 4) is 11.5 Å². The van der Waals surface area contributed by atoms with Gasteiger partial charge in [0, 0.05) is 13.1 Å². The molecule has 0 amide bonds. The second-order valence-corrected chi connectivity index (χ2v) is 6.00. The van der Waals surface area contributed by atoms with Gasteiger partial charge < -0.3 is 9.64 Å². The molecule has 0 saturated carbocycles. The van der Waals surface area contributed by atoms with Gasteiger partial charge in [0.15, 0.2) is 0 Å². The number of halogens is 3. The predicted octanol–water partition coefficient (Wildman–Crippen LogP) is 6.12. The Balaban J connectivity index is 2.26. The van der Waals surface area contributed by atoms with Crippen molar-refractivity contribution in [1.82, 2.24) is 4.90 Å². The van der Waals surface area contributed by atoms with Crippen LogP contribution >= 0.6 is 0 Å². The molecule has 0 saturated heterocycles. The zero-order chi connectivity index (χ0) is 19.3. The molecule has 2 rings (SSSR count). The Labute approximate surface area is 152 Å². The number of alkyl halides is 3. The van der Waals surface area contributed by atoms with E-state index in [1.54, 1.807) is 12.4 Å². The third-order valence-electron chi connectivity index (χ3n) is 4.06. The highest BCUT2D eigenvalue weighted by Gasteiger charge is 2.30. The van der Waals surface area contributed by atoms with E-state index in [2.05, 4.69) is 23.7 Å². The first-order valence-corrected chi connectivity index (χ1v) is 8.49. The topological polar surface area (TPSA) is 24.8 Å². The van der Waals surface area contributed by atoms with Crippen molar-refractivity contribution in [2.24, 2.45) is 4.99 Å². The van der Waals surface area contributed by atoms with Gasteiger partial charge >= 0.3 is 6.18 Å². The number of aliphatic imine (C=N–C) groups is 1. The number of hydrogen-bond donors (Lipinski definition) is 0. The molecule has 140 valence electrons. The van der Waals surface area contributed by atoms with Crippen molar-refractivity contribution in [1.29, 1.82) is 0 Å².